The molecule has 108 valence electrons. The lowest BCUT2D eigenvalue weighted by atomic mass is 9.87. The smallest absolute Gasteiger partial charge is 0.309 e. The van der Waals surface area contributed by atoms with Crippen molar-refractivity contribution in [3.63, 3.8) is 0 Å². The standard InChI is InChI=1S/C14H28O4/c1-13(2,12(15)16)8-6-7-10-18-11-9-14(3,4)17-5/h6-11H2,1-5H3,(H,15,16). The summed E-state index contributed by atoms with van der Waals surface area (Å²) < 4.78 is 10.8. The van der Waals surface area contributed by atoms with E-state index in [1.165, 1.54) is 0 Å². The van der Waals surface area contributed by atoms with Crippen LogP contribution in [0.15, 0.2) is 0 Å². The first-order valence-corrected chi connectivity index (χ1v) is 6.57. The van der Waals surface area contributed by atoms with Crippen molar-refractivity contribution in [2.24, 2.45) is 5.41 Å². The quantitative estimate of drug-likeness (QED) is 0.613. The molecule has 0 aromatic heterocycles. The van der Waals surface area contributed by atoms with Crippen molar-refractivity contribution in [2.75, 3.05) is 20.3 Å². The Labute approximate surface area is 111 Å². The number of aliphatic carboxylic acids is 1. The molecule has 0 saturated heterocycles. The van der Waals surface area contributed by atoms with Crippen LogP contribution in [0.2, 0.25) is 0 Å². The zero-order valence-corrected chi connectivity index (χ0v) is 12.4. The van der Waals surface area contributed by atoms with Gasteiger partial charge >= 0.3 is 5.97 Å². The minimum atomic E-state index is -0.731. The molecule has 0 rings (SSSR count). The number of hydrogen-bond donors (Lipinski definition) is 1. The minimum Gasteiger partial charge on any atom is -0.481 e. The second-order valence-electron chi connectivity index (χ2n) is 5.97. The van der Waals surface area contributed by atoms with Gasteiger partial charge in [-0.1, -0.05) is 6.42 Å². The molecule has 0 amide bonds. The molecule has 0 saturated carbocycles. The van der Waals surface area contributed by atoms with Gasteiger partial charge in [-0.15, -0.1) is 0 Å². The number of carboxylic acid groups (broad SMARTS) is 1. The van der Waals surface area contributed by atoms with Crippen LogP contribution in [0.3, 0.4) is 0 Å². The highest BCUT2D eigenvalue weighted by molar-refractivity contribution is 5.73. The zero-order valence-electron chi connectivity index (χ0n) is 12.4. The first kappa shape index (κ1) is 17.4. The maximum atomic E-state index is 10.9. The highest BCUT2D eigenvalue weighted by atomic mass is 16.5. The Morgan fingerprint density at radius 3 is 2.17 bits per heavy atom. The van der Waals surface area contributed by atoms with Gasteiger partial charge in [0, 0.05) is 20.3 Å². The number of rotatable bonds is 10. The molecule has 0 aliphatic rings. The maximum Gasteiger partial charge on any atom is 0.309 e. The molecule has 0 aromatic carbocycles. The molecule has 0 aliphatic heterocycles. The topological polar surface area (TPSA) is 55.8 Å². The van der Waals surface area contributed by atoms with Gasteiger partial charge in [0.05, 0.1) is 11.0 Å². The average molecular weight is 260 g/mol. The van der Waals surface area contributed by atoms with Crippen LogP contribution in [0.1, 0.15) is 53.4 Å². The van der Waals surface area contributed by atoms with Gasteiger partial charge in [-0.2, -0.15) is 0 Å². The van der Waals surface area contributed by atoms with Gasteiger partial charge in [0.15, 0.2) is 0 Å². The summed E-state index contributed by atoms with van der Waals surface area (Å²) >= 11 is 0. The van der Waals surface area contributed by atoms with E-state index in [4.69, 9.17) is 14.6 Å². The van der Waals surface area contributed by atoms with Gasteiger partial charge in [-0.05, 0) is 47.0 Å². The SMILES string of the molecule is COC(C)(C)CCOCCCCC(C)(C)C(=O)O. The van der Waals surface area contributed by atoms with E-state index in [9.17, 15) is 4.79 Å². The summed E-state index contributed by atoms with van der Waals surface area (Å²) in [5, 5.41) is 8.95. The molecule has 0 fully saturated rings. The lowest BCUT2D eigenvalue weighted by molar-refractivity contribution is -0.147. The molecule has 18 heavy (non-hydrogen) atoms. The van der Waals surface area contributed by atoms with E-state index in [0.717, 1.165) is 19.3 Å². The molecule has 0 aromatic rings. The number of methoxy groups -OCH3 is 1. The second-order valence-corrected chi connectivity index (χ2v) is 5.97. The van der Waals surface area contributed by atoms with Crippen molar-refractivity contribution in [3.8, 4) is 0 Å². The van der Waals surface area contributed by atoms with Gasteiger partial charge in [0.1, 0.15) is 0 Å². The molecule has 0 heterocycles. The van der Waals surface area contributed by atoms with Crippen LogP contribution in [0.5, 0.6) is 0 Å². The predicted molar refractivity (Wildman–Crippen MR) is 71.8 cm³/mol. The minimum absolute atomic E-state index is 0.134. The summed E-state index contributed by atoms with van der Waals surface area (Å²) in [6, 6.07) is 0. The van der Waals surface area contributed by atoms with Crippen LogP contribution in [0.25, 0.3) is 0 Å². The number of ether oxygens (including phenoxy) is 2. The molecular formula is C14H28O4. The lowest BCUT2D eigenvalue weighted by Crippen LogP contribution is -2.24. The van der Waals surface area contributed by atoms with E-state index in [2.05, 4.69) is 0 Å². The molecule has 0 atom stereocenters. The molecule has 0 spiro atoms. The van der Waals surface area contributed by atoms with Crippen molar-refractivity contribution < 1.29 is 19.4 Å². The zero-order chi connectivity index (χ0) is 14.2. The first-order valence-electron chi connectivity index (χ1n) is 6.57. The molecular weight excluding hydrogens is 232 g/mol. The molecule has 0 unspecified atom stereocenters. The molecule has 0 aliphatic carbocycles. The van der Waals surface area contributed by atoms with Crippen molar-refractivity contribution in [3.05, 3.63) is 0 Å². The number of unbranched alkanes of at least 4 members (excludes halogenated alkanes) is 1. The van der Waals surface area contributed by atoms with Gasteiger partial charge in [0.25, 0.3) is 0 Å². The van der Waals surface area contributed by atoms with Crippen LogP contribution in [-0.2, 0) is 14.3 Å². The summed E-state index contributed by atoms with van der Waals surface area (Å²) in [6.45, 7) is 8.96. The predicted octanol–water partition coefficient (Wildman–Crippen LogP) is 3.10. The van der Waals surface area contributed by atoms with E-state index in [1.54, 1.807) is 21.0 Å². The van der Waals surface area contributed by atoms with Crippen LogP contribution in [0, 0.1) is 5.41 Å². The fraction of sp³-hybridized carbons (Fsp3) is 0.929. The summed E-state index contributed by atoms with van der Waals surface area (Å²) in [5.41, 5.74) is -0.761. The fourth-order valence-corrected chi connectivity index (χ4v) is 1.40. The highest BCUT2D eigenvalue weighted by Gasteiger charge is 2.25. The van der Waals surface area contributed by atoms with Crippen molar-refractivity contribution >= 4 is 5.97 Å². The van der Waals surface area contributed by atoms with Crippen LogP contribution in [0.4, 0.5) is 0 Å². The number of carbonyl (C=O) groups is 1. The second kappa shape index (κ2) is 7.74. The third-order valence-electron chi connectivity index (χ3n) is 3.32. The Morgan fingerprint density at radius 2 is 1.67 bits per heavy atom. The largest absolute Gasteiger partial charge is 0.481 e. The molecule has 0 radical (unpaired) electrons. The summed E-state index contributed by atoms with van der Waals surface area (Å²) in [5.74, 6) is -0.731. The van der Waals surface area contributed by atoms with Crippen molar-refractivity contribution in [1.82, 2.24) is 0 Å². The Kier molecular flexibility index (Phi) is 7.48. The summed E-state index contributed by atoms with van der Waals surface area (Å²) in [6.07, 6.45) is 3.34. The Bertz CT molecular complexity index is 246. The van der Waals surface area contributed by atoms with Crippen molar-refractivity contribution in [1.29, 1.82) is 0 Å². The van der Waals surface area contributed by atoms with Gasteiger partial charge in [-0.3, -0.25) is 4.79 Å². The van der Waals surface area contributed by atoms with Crippen LogP contribution in [-0.4, -0.2) is 37.0 Å². The maximum absolute atomic E-state index is 10.9. The third kappa shape index (κ3) is 7.67. The van der Waals surface area contributed by atoms with Crippen LogP contribution >= 0.6 is 0 Å². The van der Waals surface area contributed by atoms with E-state index < -0.39 is 11.4 Å². The van der Waals surface area contributed by atoms with Crippen molar-refractivity contribution in [2.45, 2.75) is 59.0 Å². The normalized spacial score (nSPS) is 12.7. The summed E-state index contributed by atoms with van der Waals surface area (Å²) in [7, 11) is 1.70. The van der Waals surface area contributed by atoms with E-state index >= 15 is 0 Å². The number of carboxylic acids is 1. The fourth-order valence-electron chi connectivity index (χ4n) is 1.40. The van der Waals surface area contributed by atoms with Crippen LogP contribution < -0.4 is 0 Å². The van der Waals surface area contributed by atoms with Gasteiger partial charge < -0.3 is 14.6 Å². The lowest BCUT2D eigenvalue weighted by Gasteiger charge is -2.22. The number of hydrogen-bond acceptors (Lipinski definition) is 3. The molecule has 0 bridgehead atoms. The molecule has 1 N–H and O–H groups in total. The molecule has 4 heteroatoms. The summed E-state index contributed by atoms with van der Waals surface area (Å²) in [4.78, 5) is 10.9. The monoisotopic (exact) mass is 260 g/mol. The third-order valence-corrected chi connectivity index (χ3v) is 3.32. The first-order chi connectivity index (χ1) is 8.21. The van der Waals surface area contributed by atoms with E-state index in [1.807, 2.05) is 13.8 Å². The van der Waals surface area contributed by atoms with E-state index in [0.29, 0.717) is 19.6 Å². The Hall–Kier alpha value is -0.610. The Morgan fingerprint density at radius 1 is 1.06 bits per heavy atom. The molecule has 4 nitrogen and oxygen atoms in total. The van der Waals surface area contributed by atoms with E-state index in [-0.39, 0.29) is 5.60 Å². The van der Waals surface area contributed by atoms with Gasteiger partial charge in [-0.25, -0.2) is 0 Å². The highest BCUT2D eigenvalue weighted by Crippen LogP contribution is 2.23. The average Bonchev–Trinajstić information content (AvgIpc) is 2.27. The van der Waals surface area contributed by atoms with Gasteiger partial charge in [0.2, 0.25) is 0 Å². The Balaban J connectivity index is 3.51.